The summed E-state index contributed by atoms with van der Waals surface area (Å²) in [6.07, 6.45) is 8.05. The number of aliphatic hydroxyl groups is 1. The first kappa shape index (κ1) is 26.9. The number of benzene rings is 2. The van der Waals surface area contributed by atoms with Gasteiger partial charge in [0.25, 0.3) is 0 Å². The number of fused-ring (bicyclic) bond motifs is 1. The summed E-state index contributed by atoms with van der Waals surface area (Å²) in [4.78, 5) is 28.8. The molecule has 1 aliphatic carbocycles. The number of piperidine rings is 1. The summed E-state index contributed by atoms with van der Waals surface area (Å²) in [5.74, 6) is -0.523. The van der Waals surface area contributed by atoms with E-state index in [9.17, 15) is 14.7 Å². The number of amides is 2. The van der Waals surface area contributed by atoms with Crippen LogP contribution >= 0.6 is 0 Å². The Hall–Kier alpha value is -2.74. The highest BCUT2D eigenvalue weighted by Crippen LogP contribution is 2.41. The molecule has 0 bridgehead atoms. The number of carbonyl (C=O) groups is 2. The van der Waals surface area contributed by atoms with E-state index in [-0.39, 0.29) is 11.8 Å². The number of nitrogens with zero attached hydrogens (tertiary/aromatic N) is 2. The van der Waals surface area contributed by atoms with Gasteiger partial charge in [-0.15, -0.1) is 0 Å². The molecule has 2 unspecified atom stereocenters. The summed E-state index contributed by atoms with van der Waals surface area (Å²) in [6, 6.07) is 17.4. The van der Waals surface area contributed by atoms with Gasteiger partial charge < -0.3 is 15.3 Å². The average Bonchev–Trinajstić information content (AvgIpc) is 3.27. The molecule has 3 aliphatic rings. The van der Waals surface area contributed by atoms with Crippen LogP contribution < -0.4 is 15.5 Å². The Kier molecular flexibility index (Phi) is 8.77. The third kappa shape index (κ3) is 5.95. The Bertz CT molecular complexity index is 1100. The minimum Gasteiger partial charge on any atom is -0.374 e. The van der Waals surface area contributed by atoms with Crippen molar-refractivity contribution in [1.82, 2.24) is 15.5 Å². The molecular formula is C31H42N4O3. The number of nitrogens with one attached hydrogen (secondary N) is 2. The SMILES string of the molecule is CCCCCN(c1cccc2c1CN(C1CCC(=O)NC1=O)C2O)[C@H]1CC[C@H](NCc2ccccc2)CC1. The summed E-state index contributed by atoms with van der Waals surface area (Å²) in [5.41, 5.74) is 4.55. The fourth-order valence-electron chi connectivity index (χ4n) is 6.48. The van der Waals surface area contributed by atoms with E-state index in [1.807, 2.05) is 17.0 Å². The maximum atomic E-state index is 12.6. The van der Waals surface area contributed by atoms with Crippen molar-refractivity contribution in [3.05, 3.63) is 65.2 Å². The van der Waals surface area contributed by atoms with Crippen molar-refractivity contribution in [2.24, 2.45) is 0 Å². The summed E-state index contributed by atoms with van der Waals surface area (Å²) < 4.78 is 0. The molecule has 0 spiro atoms. The van der Waals surface area contributed by atoms with Gasteiger partial charge in [-0.2, -0.15) is 0 Å². The van der Waals surface area contributed by atoms with Gasteiger partial charge in [-0.3, -0.25) is 19.8 Å². The van der Waals surface area contributed by atoms with Gasteiger partial charge in [0.1, 0.15) is 6.23 Å². The minimum atomic E-state index is -0.829. The number of anilines is 1. The van der Waals surface area contributed by atoms with Crippen LogP contribution in [0.25, 0.3) is 0 Å². The zero-order valence-corrected chi connectivity index (χ0v) is 22.6. The number of imide groups is 1. The van der Waals surface area contributed by atoms with Crippen molar-refractivity contribution < 1.29 is 14.7 Å². The van der Waals surface area contributed by atoms with Crippen LogP contribution in [0.5, 0.6) is 0 Å². The average molecular weight is 519 g/mol. The van der Waals surface area contributed by atoms with Crippen molar-refractivity contribution in [2.75, 3.05) is 11.4 Å². The van der Waals surface area contributed by atoms with E-state index in [1.165, 1.54) is 24.1 Å². The van der Waals surface area contributed by atoms with Gasteiger partial charge in [0.2, 0.25) is 11.8 Å². The Morgan fingerprint density at radius 2 is 1.79 bits per heavy atom. The van der Waals surface area contributed by atoms with E-state index in [0.29, 0.717) is 31.5 Å². The van der Waals surface area contributed by atoms with Crippen LogP contribution in [0.15, 0.2) is 48.5 Å². The largest absolute Gasteiger partial charge is 0.374 e. The molecule has 38 heavy (non-hydrogen) atoms. The molecule has 2 aliphatic heterocycles. The monoisotopic (exact) mass is 518 g/mol. The molecule has 1 saturated carbocycles. The van der Waals surface area contributed by atoms with Crippen molar-refractivity contribution in [2.45, 2.75) is 102 Å². The molecule has 5 rings (SSSR count). The topological polar surface area (TPSA) is 84.9 Å². The summed E-state index contributed by atoms with van der Waals surface area (Å²) in [5, 5.41) is 17.5. The highest BCUT2D eigenvalue weighted by molar-refractivity contribution is 6.00. The number of rotatable bonds is 10. The first-order valence-electron chi connectivity index (χ1n) is 14.5. The third-order valence-electron chi connectivity index (χ3n) is 8.62. The molecule has 0 radical (unpaired) electrons. The molecule has 2 atom stereocenters. The van der Waals surface area contributed by atoms with Gasteiger partial charge in [-0.05, 0) is 55.7 Å². The quantitative estimate of drug-likeness (QED) is 0.320. The normalized spacial score (nSPS) is 25.7. The molecule has 2 aromatic carbocycles. The lowest BCUT2D eigenvalue weighted by molar-refractivity contribution is -0.141. The first-order chi connectivity index (χ1) is 18.5. The molecule has 7 nitrogen and oxygen atoms in total. The summed E-state index contributed by atoms with van der Waals surface area (Å²) in [6.45, 7) is 4.68. The molecule has 2 heterocycles. The van der Waals surface area contributed by atoms with Crippen LogP contribution in [-0.4, -0.2) is 46.5 Å². The van der Waals surface area contributed by atoms with Gasteiger partial charge in [0.05, 0.1) is 6.04 Å². The highest BCUT2D eigenvalue weighted by atomic mass is 16.3. The highest BCUT2D eigenvalue weighted by Gasteiger charge is 2.41. The lowest BCUT2D eigenvalue weighted by Gasteiger charge is -2.40. The third-order valence-corrected chi connectivity index (χ3v) is 8.62. The van der Waals surface area contributed by atoms with E-state index in [2.05, 4.69) is 58.9 Å². The second kappa shape index (κ2) is 12.4. The van der Waals surface area contributed by atoms with E-state index < -0.39 is 12.3 Å². The number of hydrogen-bond donors (Lipinski definition) is 3. The molecular weight excluding hydrogens is 476 g/mol. The van der Waals surface area contributed by atoms with Crippen LogP contribution in [0.3, 0.4) is 0 Å². The zero-order chi connectivity index (χ0) is 26.5. The number of hydrogen-bond acceptors (Lipinski definition) is 6. The van der Waals surface area contributed by atoms with E-state index in [0.717, 1.165) is 56.3 Å². The predicted molar refractivity (Wildman–Crippen MR) is 149 cm³/mol. The van der Waals surface area contributed by atoms with Gasteiger partial charge in [-0.25, -0.2) is 0 Å². The van der Waals surface area contributed by atoms with Gasteiger partial charge >= 0.3 is 0 Å². The molecule has 2 fully saturated rings. The maximum absolute atomic E-state index is 12.6. The molecule has 1 saturated heterocycles. The van der Waals surface area contributed by atoms with Gasteiger partial charge in [0, 0.05) is 49.4 Å². The first-order valence-corrected chi connectivity index (χ1v) is 14.5. The Labute approximate surface area is 226 Å². The molecule has 2 aromatic rings. The van der Waals surface area contributed by atoms with Crippen LogP contribution in [0, 0.1) is 0 Å². The molecule has 7 heteroatoms. The standard InChI is InChI=1S/C31H42N4O3/c1-2-3-7-19-34(24-15-13-23(14-16-24)32-20-22-9-5-4-6-10-22)27-12-8-11-25-26(27)21-35(31(25)38)28-17-18-29(36)33-30(28)37/h4-6,8-12,23-24,28,31-32,38H,2-3,7,13-21H2,1H3,(H,33,36,37)/t23-,24-,28?,31?. The van der Waals surface area contributed by atoms with Crippen molar-refractivity contribution >= 4 is 17.5 Å². The van der Waals surface area contributed by atoms with E-state index in [4.69, 9.17) is 0 Å². The second-order valence-electron chi connectivity index (χ2n) is 11.1. The van der Waals surface area contributed by atoms with Gasteiger partial charge in [0.15, 0.2) is 0 Å². The number of unbranched alkanes of at least 4 members (excludes halogenated alkanes) is 2. The predicted octanol–water partition coefficient (Wildman–Crippen LogP) is 4.40. The molecule has 2 amide bonds. The summed E-state index contributed by atoms with van der Waals surface area (Å²) in [7, 11) is 0. The Morgan fingerprint density at radius 3 is 2.53 bits per heavy atom. The summed E-state index contributed by atoms with van der Waals surface area (Å²) >= 11 is 0. The zero-order valence-electron chi connectivity index (χ0n) is 22.6. The van der Waals surface area contributed by atoms with Crippen LogP contribution in [0.1, 0.15) is 87.6 Å². The van der Waals surface area contributed by atoms with Gasteiger partial charge in [-0.1, -0.05) is 62.2 Å². The van der Waals surface area contributed by atoms with E-state index >= 15 is 0 Å². The minimum absolute atomic E-state index is 0.228. The number of carbonyl (C=O) groups excluding carboxylic acids is 2. The Balaban J connectivity index is 1.29. The lowest BCUT2D eigenvalue weighted by Crippen LogP contribution is -2.51. The van der Waals surface area contributed by atoms with Crippen LogP contribution in [0.2, 0.25) is 0 Å². The maximum Gasteiger partial charge on any atom is 0.244 e. The van der Waals surface area contributed by atoms with Crippen molar-refractivity contribution in [3.63, 3.8) is 0 Å². The fourth-order valence-corrected chi connectivity index (χ4v) is 6.48. The van der Waals surface area contributed by atoms with Crippen LogP contribution in [-0.2, 0) is 22.7 Å². The molecule has 0 aromatic heterocycles. The number of aliphatic hydroxyl groups excluding tert-OH is 1. The smallest absolute Gasteiger partial charge is 0.244 e. The van der Waals surface area contributed by atoms with Crippen molar-refractivity contribution in [1.29, 1.82) is 0 Å². The van der Waals surface area contributed by atoms with Crippen molar-refractivity contribution in [3.8, 4) is 0 Å². The van der Waals surface area contributed by atoms with E-state index in [1.54, 1.807) is 0 Å². The molecule has 3 N–H and O–H groups in total. The van der Waals surface area contributed by atoms with Crippen LogP contribution in [0.4, 0.5) is 5.69 Å². The lowest BCUT2D eigenvalue weighted by atomic mass is 9.89. The fraction of sp³-hybridized carbons (Fsp3) is 0.548. The Morgan fingerprint density at radius 1 is 1.00 bits per heavy atom. The second-order valence-corrected chi connectivity index (χ2v) is 11.1. The molecule has 204 valence electrons.